The van der Waals surface area contributed by atoms with Gasteiger partial charge in [0, 0.05) is 106 Å². The minimum atomic E-state index is -0.465. The van der Waals surface area contributed by atoms with E-state index in [2.05, 4.69) is 132 Å². The average Bonchev–Trinajstić information content (AvgIpc) is 4.04. The number of hydrogen-bond acceptors (Lipinski definition) is 13. The van der Waals surface area contributed by atoms with Crippen molar-refractivity contribution in [1.82, 2.24) is 0 Å². The Labute approximate surface area is 512 Å². The summed E-state index contributed by atoms with van der Waals surface area (Å²) in [6, 6.07) is 48.1. The highest BCUT2D eigenvalue weighted by atomic mass is 16.5. The van der Waals surface area contributed by atoms with Crippen LogP contribution >= 0.6 is 0 Å². The van der Waals surface area contributed by atoms with Crippen LogP contribution in [-0.2, 0) is 68.4 Å². The van der Waals surface area contributed by atoms with Crippen LogP contribution in [0.15, 0.2) is 127 Å². The van der Waals surface area contributed by atoms with Gasteiger partial charge in [0.2, 0.25) is 0 Å². The van der Waals surface area contributed by atoms with Crippen molar-refractivity contribution in [3.05, 3.63) is 161 Å². The molecule has 0 heterocycles. The number of anilines is 3. The Morgan fingerprint density at radius 2 is 0.500 bits per heavy atom. The van der Waals surface area contributed by atoms with Crippen LogP contribution in [0.4, 0.5) is 17.1 Å². The summed E-state index contributed by atoms with van der Waals surface area (Å²) in [4.78, 5) is 2.49. The second-order valence-electron chi connectivity index (χ2n) is 22.3. The predicted molar refractivity (Wildman–Crippen MR) is 342 cm³/mol. The molecule has 1 atom stereocenters. The van der Waals surface area contributed by atoms with Gasteiger partial charge in [-0.3, -0.25) is 0 Å². The van der Waals surface area contributed by atoms with E-state index in [0.717, 1.165) is 49.2 Å². The monoisotopic (exact) mass is 1180 g/mol. The maximum absolute atomic E-state index is 9.90. The van der Waals surface area contributed by atoms with E-state index >= 15 is 0 Å². The van der Waals surface area contributed by atoms with E-state index in [1.54, 1.807) is 0 Å². The van der Waals surface area contributed by atoms with Crippen molar-refractivity contribution in [2.45, 2.75) is 89.4 Å². The Kier molecular flexibility index (Phi) is 25.2. The van der Waals surface area contributed by atoms with Gasteiger partial charge in [0.1, 0.15) is 0 Å². The summed E-state index contributed by atoms with van der Waals surface area (Å²) in [5.41, 5.74) is 16.7. The van der Waals surface area contributed by atoms with Gasteiger partial charge in [-0.15, -0.1) is 0 Å². The summed E-state index contributed by atoms with van der Waals surface area (Å²) in [5, 5.41) is 9.90. The minimum absolute atomic E-state index is 0.0378. The van der Waals surface area contributed by atoms with Crippen molar-refractivity contribution in [2.24, 2.45) is 0 Å². The fourth-order valence-electron chi connectivity index (χ4n) is 13.7. The van der Waals surface area contributed by atoms with Crippen molar-refractivity contribution in [1.29, 1.82) is 0 Å². The molecule has 0 radical (unpaired) electrons. The zero-order chi connectivity index (χ0) is 59.9. The van der Waals surface area contributed by atoms with E-state index in [0.29, 0.717) is 145 Å². The second kappa shape index (κ2) is 33.3. The largest absolute Gasteiger partial charge is 0.394 e. The minimum Gasteiger partial charge on any atom is -0.394 e. The SMILES string of the molecule is CCOCCOCCC1(CCOCCO)c2ccccc2-c2ccc(N(c3ccc4c(c3)C(CCOCCOCC)(CCOCCOCC)c3ccccc3-4)c3ccc4c(c3)C(CCOCCOCC)(CCOCCOCC)c3ccccc3-4)cc21. The first-order chi connectivity index (χ1) is 42.4. The lowest BCUT2D eigenvalue weighted by atomic mass is 9.72. The van der Waals surface area contributed by atoms with Crippen LogP contribution in [0.1, 0.15) is 107 Å². The zero-order valence-electron chi connectivity index (χ0n) is 52.0. The van der Waals surface area contributed by atoms with E-state index in [9.17, 15) is 5.11 Å². The third-order valence-electron chi connectivity index (χ3n) is 17.7. The molecule has 0 aromatic heterocycles. The first kappa shape index (κ1) is 65.1. The third kappa shape index (κ3) is 14.9. The van der Waals surface area contributed by atoms with Crippen molar-refractivity contribution >= 4 is 17.1 Å². The zero-order valence-corrected chi connectivity index (χ0v) is 52.0. The molecule has 6 aromatic rings. The fraction of sp³-hybridized carbons (Fsp3) is 0.507. The van der Waals surface area contributed by atoms with Crippen LogP contribution in [0, 0.1) is 0 Å². The van der Waals surface area contributed by atoms with Gasteiger partial charge in [-0.2, -0.15) is 0 Å². The number of nitrogens with zero attached hydrogens (tertiary/aromatic N) is 1. The average molecular weight is 1180 g/mol. The van der Waals surface area contributed by atoms with Gasteiger partial charge in [0.25, 0.3) is 0 Å². The van der Waals surface area contributed by atoms with Crippen LogP contribution < -0.4 is 4.90 Å². The maximum atomic E-state index is 9.90. The van der Waals surface area contributed by atoms with Crippen LogP contribution in [0.25, 0.3) is 33.4 Å². The summed E-state index contributed by atoms with van der Waals surface area (Å²) in [6.45, 7) is 22.1. The summed E-state index contributed by atoms with van der Waals surface area (Å²) in [7, 11) is 0. The molecule has 0 saturated heterocycles. The van der Waals surface area contributed by atoms with Crippen molar-refractivity contribution < 1.29 is 57.2 Å². The quantitative estimate of drug-likeness (QED) is 0.0366. The Morgan fingerprint density at radius 3 is 0.756 bits per heavy atom. The number of rotatable bonds is 43. The molecule has 3 aliphatic carbocycles. The molecular formula is C73H95NO12. The molecule has 1 N–H and O–H groups in total. The molecule has 0 fully saturated rings. The molecule has 13 nitrogen and oxygen atoms in total. The Bertz CT molecular complexity index is 2850. The summed E-state index contributed by atoms with van der Waals surface area (Å²) >= 11 is 0. The molecule has 1 unspecified atom stereocenters. The van der Waals surface area contributed by atoms with E-state index < -0.39 is 16.2 Å². The van der Waals surface area contributed by atoms with Gasteiger partial charge in [0.05, 0.1) is 79.3 Å². The maximum Gasteiger partial charge on any atom is 0.0700 e. The lowest BCUT2D eigenvalue weighted by Gasteiger charge is -2.36. The van der Waals surface area contributed by atoms with Crippen LogP contribution in [0.3, 0.4) is 0 Å². The number of benzene rings is 6. The predicted octanol–water partition coefficient (Wildman–Crippen LogP) is 13.6. The molecule has 9 rings (SSSR count). The van der Waals surface area contributed by atoms with Gasteiger partial charge in [-0.1, -0.05) is 91.0 Å². The summed E-state index contributed by atoms with van der Waals surface area (Å²) in [6.07, 6.45) is 4.45. The highest BCUT2D eigenvalue weighted by molar-refractivity contribution is 5.90. The highest BCUT2D eigenvalue weighted by Crippen LogP contribution is 2.59. The normalized spacial score (nSPS) is 15.6. The third-order valence-corrected chi connectivity index (χ3v) is 17.7. The van der Waals surface area contributed by atoms with E-state index in [-0.39, 0.29) is 13.2 Å². The molecule has 0 amide bonds. The van der Waals surface area contributed by atoms with Crippen molar-refractivity contribution in [3.63, 3.8) is 0 Å². The topological polar surface area (TPSA) is 125 Å². The molecule has 3 aliphatic rings. The van der Waals surface area contributed by atoms with Gasteiger partial charge in [-0.25, -0.2) is 0 Å². The fourth-order valence-corrected chi connectivity index (χ4v) is 13.7. The molecule has 0 saturated carbocycles. The van der Waals surface area contributed by atoms with E-state index in [1.165, 1.54) is 66.8 Å². The van der Waals surface area contributed by atoms with Crippen LogP contribution in [-0.4, -0.2) is 157 Å². The first-order valence-electron chi connectivity index (χ1n) is 31.9. The number of ether oxygens (including phenoxy) is 11. The molecule has 86 heavy (non-hydrogen) atoms. The smallest absolute Gasteiger partial charge is 0.0700 e. The molecule has 13 heteroatoms. The molecule has 6 aromatic carbocycles. The van der Waals surface area contributed by atoms with Crippen molar-refractivity contribution in [2.75, 3.05) is 157 Å². The highest BCUT2D eigenvalue weighted by Gasteiger charge is 2.47. The first-order valence-corrected chi connectivity index (χ1v) is 31.9. The lowest BCUT2D eigenvalue weighted by Crippen LogP contribution is -2.30. The molecule has 464 valence electrons. The molecule has 0 aliphatic heterocycles. The molecule has 0 bridgehead atoms. The van der Waals surface area contributed by atoms with Crippen LogP contribution in [0.5, 0.6) is 0 Å². The van der Waals surface area contributed by atoms with E-state index in [1.807, 2.05) is 34.6 Å². The molecular weight excluding hydrogens is 1080 g/mol. The Hall–Kier alpha value is -5.36. The Balaban J connectivity index is 1.23. The van der Waals surface area contributed by atoms with Gasteiger partial charge in [-0.05, 0) is 176 Å². The van der Waals surface area contributed by atoms with Crippen LogP contribution in [0.2, 0.25) is 0 Å². The van der Waals surface area contributed by atoms with E-state index in [4.69, 9.17) is 52.1 Å². The molecule has 0 spiro atoms. The standard InChI is InChI=1S/C73H95NO12/c1-6-76-43-48-82-37-30-71(29-36-81-42-35-75)65-20-14-11-17-59(65)62-26-23-56(53-68(62)71)74(57-24-27-63-60-18-12-15-21-66(60)72(69(63)54-57,31-38-83-49-44-77-7-2)32-39-84-50-45-78-8-3)58-25-28-64-61-19-13-16-22-67(61)73(70(64)55-58,33-40-85-51-46-79-9-4)34-41-86-52-47-80-10-5/h11-28,53-55,75H,6-10,29-52H2,1-5H3. The number of fused-ring (bicyclic) bond motifs is 9. The van der Waals surface area contributed by atoms with Gasteiger partial charge in [0.15, 0.2) is 0 Å². The van der Waals surface area contributed by atoms with Gasteiger partial charge < -0.3 is 62.1 Å². The van der Waals surface area contributed by atoms with Crippen molar-refractivity contribution in [3.8, 4) is 33.4 Å². The number of aliphatic hydroxyl groups is 1. The summed E-state index contributed by atoms with van der Waals surface area (Å²) in [5.74, 6) is 0. The second-order valence-corrected chi connectivity index (χ2v) is 22.3. The number of hydrogen-bond donors (Lipinski definition) is 1. The number of aliphatic hydroxyl groups excluding tert-OH is 1. The van der Waals surface area contributed by atoms with Gasteiger partial charge >= 0.3 is 0 Å². The summed E-state index contributed by atoms with van der Waals surface area (Å²) < 4.78 is 67.0. The lowest BCUT2D eigenvalue weighted by molar-refractivity contribution is 0.0356. The Morgan fingerprint density at radius 1 is 0.267 bits per heavy atom.